The van der Waals surface area contributed by atoms with Crippen LogP contribution in [0.25, 0.3) is 6.08 Å². The fraction of sp³-hybridized carbons (Fsp3) is 0.333. The first kappa shape index (κ1) is 12.6. The number of halogens is 3. The summed E-state index contributed by atoms with van der Waals surface area (Å²) in [5.74, 6) is 0. The van der Waals surface area contributed by atoms with E-state index in [1.165, 1.54) is 12.1 Å². The van der Waals surface area contributed by atoms with Crippen LogP contribution in [0.4, 0.5) is 13.2 Å². The molecule has 0 unspecified atom stereocenters. The first-order valence-corrected chi connectivity index (χ1v) is 4.84. The monoisotopic (exact) mass is 229 g/mol. The van der Waals surface area contributed by atoms with Gasteiger partial charge in [-0.2, -0.15) is 13.2 Å². The maximum Gasteiger partial charge on any atom is 0.416 e. The largest absolute Gasteiger partial charge is 0.416 e. The van der Waals surface area contributed by atoms with Crippen molar-refractivity contribution in [1.29, 1.82) is 0 Å². The summed E-state index contributed by atoms with van der Waals surface area (Å²) >= 11 is 0. The number of aryl methyl sites for hydroxylation is 1. The van der Waals surface area contributed by atoms with Crippen molar-refractivity contribution in [3.05, 3.63) is 41.1 Å². The number of rotatable bonds is 2. The Balaban J connectivity index is 3.25. The van der Waals surface area contributed by atoms with Gasteiger partial charge >= 0.3 is 6.18 Å². The number of alkyl halides is 3. The van der Waals surface area contributed by atoms with Gasteiger partial charge < -0.3 is 4.90 Å². The molecule has 16 heavy (non-hydrogen) atoms. The lowest BCUT2D eigenvalue weighted by Crippen LogP contribution is -2.09. The molecular weight excluding hydrogens is 215 g/mol. The van der Waals surface area contributed by atoms with Crippen LogP contribution in [0.3, 0.4) is 0 Å². The van der Waals surface area contributed by atoms with Crippen LogP contribution in [0, 0.1) is 6.92 Å². The van der Waals surface area contributed by atoms with Crippen LogP contribution in [-0.4, -0.2) is 19.0 Å². The van der Waals surface area contributed by atoms with Crippen molar-refractivity contribution >= 4 is 6.08 Å². The van der Waals surface area contributed by atoms with Gasteiger partial charge in [0, 0.05) is 14.1 Å². The summed E-state index contributed by atoms with van der Waals surface area (Å²) < 4.78 is 38.1. The predicted molar refractivity (Wildman–Crippen MR) is 58.9 cm³/mol. The third-order valence-corrected chi connectivity index (χ3v) is 2.17. The first-order chi connectivity index (χ1) is 7.32. The fourth-order valence-electron chi connectivity index (χ4n) is 1.37. The van der Waals surface area contributed by atoms with Crippen molar-refractivity contribution in [3.8, 4) is 0 Å². The Labute approximate surface area is 93.2 Å². The maximum absolute atomic E-state index is 12.7. The van der Waals surface area contributed by atoms with E-state index in [1.807, 2.05) is 0 Å². The summed E-state index contributed by atoms with van der Waals surface area (Å²) in [6.45, 7) is 1.67. The highest BCUT2D eigenvalue weighted by atomic mass is 19.4. The molecule has 0 atom stereocenters. The SMILES string of the molecule is Cc1cccc(C(F)(F)F)c1/C=C/N(C)C. The van der Waals surface area contributed by atoms with Crippen LogP contribution in [0.2, 0.25) is 0 Å². The Morgan fingerprint density at radius 2 is 1.81 bits per heavy atom. The molecule has 0 fully saturated rings. The van der Waals surface area contributed by atoms with E-state index < -0.39 is 11.7 Å². The lowest BCUT2D eigenvalue weighted by Gasteiger charge is -2.13. The summed E-state index contributed by atoms with van der Waals surface area (Å²) in [5.41, 5.74) is 0.252. The van der Waals surface area contributed by atoms with E-state index in [9.17, 15) is 13.2 Å². The zero-order valence-electron chi connectivity index (χ0n) is 9.47. The molecular formula is C12H14F3N. The molecule has 0 N–H and O–H groups in total. The molecule has 0 saturated carbocycles. The Hall–Kier alpha value is -1.45. The third-order valence-electron chi connectivity index (χ3n) is 2.17. The molecule has 0 aliphatic rings. The minimum Gasteiger partial charge on any atom is -0.383 e. The normalized spacial score (nSPS) is 12.1. The van der Waals surface area contributed by atoms with Crippen LogP contribution < -0.4 is 0 Å². The van der Waals surface area contributed by atoms with Crippen molar-refractivity contribution < 1.29 is 13.2 Å². The van der Waals surface area contributed by atoms with E-state index in [0.29, 0.717) is 5.56 Å². The highest BCUT2D eigenvalue weighted by molar-refractivity contribution is 5.58. The number of hydrogen-bond donors (Lipinski definition) is 0. The van der Waals surface area contributed by atoms with E-state index in [-0.39, 0.29) is 5.56 Å². The molecule has 0 aromatic heterocycles. The smallest absolute Gasteiger partial charge is 0.383 e. The standard InChI is InChI=1S/C12H14F3N/c1-9-5-4-6-11(12(13,14)15)10(9)7-8-16(2)3/h4-8H,1-3H3/b8-7+. The number of hydrogen-bond acceptors (Lipinski definition) is 1. The van der Waals surface area contributed by atoms with Crippen molar-refractivity contribution in [2.75, 3.05) is 14.1 Å². The van der Waals surface area contributed by atoms with Gasteiger partial charge in [0.1, 0.15) is 0 Å². The molecule has 1 rings (SSSR count). The summed E-state index contributed by atoms with van der Waals surface area (Å²) in [6.07, 6.45) is -1.21. The topological polar surface area (TPSA) is 3.24 Å². The lowest BCUT2D eigenvalue weighted by molar-refractivity contribution is -0.137. The highest BCUT2D eigenvalue weighted by Gasteiger charge is 2.32. The molecule has 1 aromatic carbocycles. The summed E-state index contributed by atoms with van der Waals surface area (Å²) in [7, 11) is 3.53. The van der Waals surface area contributed by atoms with Crippen molar-refractivity contribution in [2.45, 2.75) is 13.1 Å². The average molecular weight is 229 g/mol. The predicted octanol–water partition coefficient (Wildman–Crippen LogP) is 3.55. The Morgan fingerprint density at radius 1 is 1.19 bits per heavy atom. The second-order valence-electron chi connectivity index (χ2n) is 3.81. The molecule has 0 spiro atoms. The van der Waals surface area contributed by atoms with Crippen LogP contribution in [0.5, 0.6) is 0 Å². The lowest BCUT2D eigenvalue weighted by atomic mass is 10.0. The minimum absolute atomic E-state index is 0.226. The van der Waals surface area contributed by atoms with Crippen LogP contribution in [0.15, 0.2) is 24.4 Å². The zero-order valence-corrected chi connectivity index (χ0v) is 9.47. The van der Waals surface area contributed by atoms with Gasteiger partial charge in [-0.05, 0) is 36.4 Å². The van der Waals surface area contributed by atoms with Gasteiger partial charge in [-0.1, -0.05) is 12.1 Å². The van der Waals surface area contributed by atoms with E-state index in [4.69, 9.17) is 0 Å². The van der Waals surface area contributed by atoms with Crippen molar-refractivity contribution in [3.63, 3.8) is 0 Å². The molecule has 88 valence electrons. The van der Waals surface area contributed by atoms with Crippen LogP contribution in [0.1, 0.15) is 16.7 Å². The average Bonchev–Trinajstić information content (AvgIpc) is 2.13. The quantitative estimate of drug-likeness (QED) is 0.749. The molecule has 0 radical (unpaired) electrons. The summed E-state index contributed by atoms with van der Waals surface area (Å²) in [4.78, 5) is 1.70. The molecule has 0 saturated heterocycles. The summed E-state index contributed by atoms with van der Waals surface area (Å²) in [5, 5.41) is 0. The van der Waals surface area contributed by atoms with Gasteiger partial charge in [0.2, 0.25) is 0 Å². The van der Waals surface area contributed by atoms with E-state index >= 15 is 0 Å². The molecule has 1 aromatic rings. The Morgan fingerprint density at radius 3 is 2.31 bits per heavy atom. The third kappa shape index (κ3) is 3.02. The van der Waals surface area contributed by atoms with Gasteiger partial charge in [0.25, 0.3) is 0 Å². The van der Waals surface area contributed by atoms with Gasteiger partial charge in [0.05, 0.1) is 5.56 Å². The molecule has 0 aliphatic heterocycles. The van der Waals surface area contributed by atoms with Gasteiger partial charge in [-0.25, -0.2) is 0 Å². The maximum atomic E-state index is 12.7. The Bertz CT molecular complexity index is 392. The first-order valence-electron chi connectivity index (χ1n) is 4.84. The molecule has 4 heteroatoms. The van der Waals surface area contributed by atoms with Crippen LogP contribution in [-0.2, 0) is 6.18 Å². The molecule has 0 bridgehead atoms. The second kappa shape index (κ2) is 4.60. The molecule has 0 amide bonds. The number of nitrogens with zero attached hydrogens (tertiary/aromatic N) is 1. The summed E-state index contributed by atoms with van der Waals surface area (Å²) in [6, 6.07) is 4.19. The second-order valence-corrected chi connectivity index (χ2v) is 3.81. The molecule has 0 aliphatic carbocycles. The fourth-order valence-corrected chi connectivity index (χ4v) is 1.37. The van der Waals surface area contributed by atoms with Crippen molar-refractivity contribution in [1.82, 2.24) is 4.90 Å². The molecule has 1 nitrogen and oxygen atoms in total. The van der Waals surface area contributed by atoms with Gasteiger partial charge in [-0.3, -0.25) is 0 Å². The van der Waals surface area contributed by atoms with Gasteiger partial charge in [0.15, 0.2) is 0 Å². The van der Waals surface area contributed by atoms with E-state index in [1.54, 1.807) is 38.2 Å². The Kier molecular flexibility index (Phi) is 3.62. The van der Waals surface area contributed by atoms with Crippen molar-refractivity contribution in [2.24, 2.45) is 0 Å². The number of benzene rings is 1. The zero-order chi connectivity index (χ0) is 12.3. The van der Waals surface area contributed by atoms with E-state index in [2.05, 4.69) is 0 Å². The molecule has 0 heterocycles. The van der Waals surface area contributed by atoms with E-state index in [0.717, 1.165) is 6.07 Å². The minimum atomic E-state index is -4.31. The van der Waals surface area contributed by atoms with Crippen LogP contribution >= 0.6 is 0 Å². The van der Waals surface area contributed by atoms with Gasteiger partial charge in [-0.15, -0.1) is 0 Å². The highest BCUT2D eigenvalue weighted by Crippen LogP contribution is 2.33.